The van der Waals surface area contributed by atoms with Gasteiger partial charge < -0.3 is 10.4 Å². The van der Waals surface area contributed by atoms with Gasteiger partial charge in [0, 0.05) is 6.04 Å². The van der Waals surface area contributed by atoms with E-state index in [0.29, 0.717) is 12.0 Å². The Labute approximate surface area is 61.6 Å². The van der Waals surface area contributed by atoms with E-state index in [0.717, 1.165) is 6.54 Å². The molecule has 2 aliphatic rings. The average Bonchev–Trinajstić information content (AvgIpc) is 1.86. The lowest BCUT2D eigenvalue weighted by molar-refractivity contribution is 0.0120. The number of piperidine rings is 1. The van der Waals surface area contributed by atoms with Crippen LogP contribution >= 0.6 is 0 Å². The highest BCUT2D eigenvalue weighted by molar-refractivity contribution is 4.90. The lowest BCUT2D eigenvalue weighted by Gasteiger charge is -2.40. The summed E-state index contributed by atoms with van der Waals surface area (Å²) >= 11 is 0. The van der Waals surface area contributed by atoms with Gasteiger partial charge in [0.25, 0.3) is 0 Å². The lowest BCUT2D eigenvalue weighted by atomic mass is 9.78. The van der Waals surface area contributed by atoms with Gasteiger partial charge in [-0.1, -0.05) is 6.42 Å². The Hall–Kier alpha value is -0.0800. The third-order valence-corrected chi connectivity index (χ3v) is 2.91. The summed E-state index contributed by atoms with van der Waals surface area (Å²) in [5, 5.41) is 13.0. The van der Waals surface area contributed by atoms with E-state index < -0.39 is 0 Å². The summed E-state index contributed by atoms with van der Waals surface area (Å²) in [6, 6.07) is 0.424. The number of aliphatic hydroxyl groups is 1. The van der Waals surface area contributed by atoms with Crippen LogP contribution in [0.25, 0.3) is 0 Å². The van der Waals surface area contributed by atoms with Crippen LogP contribution in [0.2, 0.25) is 0 Å². The Bertz CT molecular complexity index is 104. The van der Waals surface area contributed by atoms with Gasteiger partial charge in [0.1, 0.15) is 0 Å². The van der Waals surface area contributed by atoms with Crippen LogP contribution < -0.4 is 5.32 Å². The van der Waals surface area contributed by atoms with Crippen molar-refractivity contribution in [3.05, 3.63) is 0 Å². The zero-order valence-electron chi connectivity index (χ0n) is 6.21. The van der Waals surface area contributed by atoms with Crippen molar-refractivity contribution in [2.24, 2.45) is 5.92 Å². The molecule has 1 saturated carbocycles. The van der Waals surface area contributed by atoms with Crippen LogP contribution in [-0.4, -0.2) is 23.8 Å². The molecule has 0 aromatic rings. The summed E-state index contributed by atoms with van der Waals surface area (Å²) in [6.07, 6.45) is 4.87. The lowest BCUT2D eigenvalue weighted by Crippen LogP contribution is -2.52. The van der Waals surface area contributed by atoms with Crippen molar-refractivity contribution in [2.75, 3.05) is 6.54 Å². The van der Waals surface area contributed by atoms with Crippen LogP contribution in [0.5, 0.6) is 0 Å². The molecule has 0 spiro atoms. The molecule has 1 heterocycles. The Kier molecular flexibility index (Phi) is 1.66. The molecule has 1 aliphatic heterocycles. The van der Waals surface area contributed by atoms with E-state index in [1.807, 2.05) is 0 Å². The van der Waals surface area contributed by atoms with Gasteiger partial charge in [0.15, 0.2) is 0 Å². The highest BCUT2D eigenvalue weighted by Crippen LogP contribution is 2.29. The molecule has 3 unspecified atom stereocenters. The maximum Gasteiger partial charge on any atom is 0.0721 e. The number of hydrogen-bond acceptors (Lipinski definition) is 2. The fourth-order valence-electron chi connectivity index (χ4n) is 2.26. The Balaban J connectivity index is 2.05. The van der Waals surface area contributed by atoms with E-state index in [9.17, 15) is 5.11 Å². The van der Waals surface area contributed by atoms with Gasteiger partial charge in [0.2, 0.25) is 0 Å². The van der Waals surface area contributed by atoms with Crippen molar-refractivity contribution >= 4 is 0 Å². The van der Waals surface area contributed by atoms with Crippen LogP contribution in [0.15, 0.2) is 0 Å². The largest absolute Gasteiger partial charge is 0.391 e. The standard InChI is InChI=1S/C8H15NO/c10-8-6-2-1-3-7(8)9-5-4-6/h6-10H,1-5H2. The summed E-state index contributed by atoms with van der Waals surface area (Å²) in [6.45, 7) is 1.12. The Morgan fingerprint density at radius 2 is 2.10 bits per heavy atom. The molecule has 58 valence electrons. The van der Waals surface area contributed by atoms with E-state index in [2.05, 4.69) is 5.32 Å². The second-order valence-corrected chi connectivity index (χ2v) is 3.53. The third kappa shape index (κ3) is 0.956. The predicted molar refractivity (Wildman–Crippen MR) is 39.8 cm³/mol. The monoisotopic (exact) mass is 141 g/mol. The van der Waals surface area contributed by atoms with Gasteiger partial charge >= 0.3 is 0 Å². The van der Waals surface area contributed by atoms with E-state index in [1.165, 1.54) is 25.7 Å². The molecular formula is C8H15NO. The summed E-state index contributed by atoms with van der Waals surface area (Å²) in [4.78, 5) is 0. The molecule has 2 bridgehead atoms. The van der Waals surface area contributed by atoms with Crippen molar-refractivity contribution < 1.29 is 5.11 Å². The molecule has 2 fully saturated rings. The van der Waals surface area contributed by atoms with Crippen molar-refractivity contribution in [2.45, 2.75) is 37.8 Å². The molecule has 10 heavy (non-hydrogen) atoms. The molecule has 3 atom stereocenters. The number of aliphatic hydroxyl groups excluding tert-OH is 1. The molecule has 0 radical (unpaired) electrons. The van der Waals surface area contributed by atoms with E-state index in [-0.39, 0.29) is 6.10 Å². The minimum atomic E-state index is -0.0394. The predicted octanol–water partition coefficient (Wildman–Crippen LogP) is 0.509. The zero-order chi connectivity index (χ0) is 6.97. The quantitative estimate of drug-likeness (QED) is 0.515. The molecular weight excluding hydrogens is 126 g/mol. The van der Waals surface area contributed by atoms with Crippen molar-refractivity contribution in [1.29, 1.82) is 0 Å². The van der Waals surface area contributed by atoms with E-state index in [1.54, 1.807) is 0 Å². The Morgan fingerprint density at radius 3 is 2.80 bits per heavy atom. The first-order valence-electron chi connectivity index (χ1n) is 4.29. The highest BCUT2D eigenvalue weighted by Gasteiger charge is 2.34. The third-order valence-electron chi connectivity index (χ3n) is 2.91. The Morgan fingerprint density at radius 1 is 1.20 bits per heavy atom. The minimum absolute atomic E-state index is 0.0394. The van der Waals surface area contributed by atoms with E-state index in [4.69, 9.17) is 0 Å². The zero-order valence-corrected chi connectivity index (χ0v) is 6.21. The molecule has 2 N–H and O–H groups in total. The summed E-state index contributed by atoms with van der Waals surface area (Å²) < 4.78 is 0. The number of fused-ring (bicyclic) bond motifs is 2. The second-order valence-electron chi connectivity index (χ2n) is 3.53. The van der Waals surface area contributed by atoms with Gasteiger partial charge in [-0.05, 0) is 31.7 Å². The summed E-state index contributed by atoms with van der Waals surface area (Å²) in [5.41, 5.74) is 0. The molecule has 2 rings (SSSR count). The van der Waals surface area contributed by atoms with Crippen molar-refractivity contribution in [3.8, 4) is 0 Å². The van der Waals surface area contributed by atoms with Gasteiger partial charge in [-0.25, -0.2) is 0 Å². The van der Waals surface area contributed by atoms with Crippen molar-refractivity contribution in [1.82, 2.24) is 5.32 Å². The first-order chi connectivity index (χ1) is 4.88. The molecule has 0 aromatic heterocycles. The molecule has 2 nitrogen and oxygen atoms in total. The molecule has 0 amide bonds. The average molecular weight is 141 g/mol. The van der Waals surface area contributed by atoms with Gasteiger partial charge in [-0.3, -0.25) is 0 Å². The fraction of sp³-hybridized carbons (Fsp3) is 1.00. The van der Waals surface area contributed by atoms with Crippen LogP contribution in [0.4, 0.5) is 0 Å². The first-order valence-corrected chi connectivity index (χ1v) is 4.29. The second kappa shape index (κ2) is 2.51. The summed E-state index contributed by atoms with van der Waals surface area (Å²) in [7, 11) is 0. The molecule has 0 aromatic carbocycles. The molecule has 2 heteroatoms. The minimum Gasteiger partial charge on any atom is -0.391 e. The van der Waals surface area contributed by atoms with Gasteiger partial charge in [0.05, 0.1) is 6.10 Å². The maximum atomic E-state index is 9.63. The normalized spacial score (nSPS) is 47.1. The van der Waals surface area contributed by atoms with Crippen LogP contribution in [0.1, 0.15) is 25.7 Å². The fourth-order valence-corrected chi connectivity index (χ4v) is 2.26. The van der Waals surface area contributed by atoms with Crippen molar-refractivity contribution in [3.63, 3.8) is 0 Å². The topological polar surface area (TPSA) is 32.3 Å². The first kappa shape index (κ1) is 6.62. The van der Waals surface area contributed by atoms with E-state index >= 15 is 0 Å². The van der Waals surface area contributed by atoms with Gasteiger partial charge in [-0.2, -0.15) is 0 Å². The maximum absolute atomic E-state index is 9.63. The van der Waals surface area contributed by atoms with Crippen LogP contribution in [0, 0.1) is 5.92 Å². The summed E-state index contributed by atoms with van der Waals surface area (Å²) in [5.74, 6) is 0.611. The van der Waals surface area contributed by atoms with Crippen LogP contribution in [0.3, 0.4) is 0 Å². The van der Waals surface area contributed by atoms with Gasteiger partial charge in [-0.15, -0.1) is 0 Å². The molecule has 1 saturated heterocycles. The highest BCUT2D eigenvalue weighted by atomic mass is 16.3. The smallest absolute Gasteiger partial charge is 0.0721 e. The SMILES string of the molecule is OC1C2CCCC1NCC2. The number of hydrogen-bond donors (Lipinski definition) is 2. The number of rotatable bonds is 0. The molecule has 1 aliphatic carbocycles. The number of nitrogens with one attached hydrogen (secondary N) is 1. The van der Waals surface area contributed by atoms with Crippen LogP contribution in [-0.2, 0) is 0 Å².